The summed E-state index contributed by atoms with van der Waals surface area (Å²) < 4.78 is 0. The number of nitrogens with zero attached hydrogens (tertiary/aromatic N) is 1. The lowest BCUT2D eigenvalue weighted by Gasteiger charge is -2.59. The Morgan fingerprint density at radius 2 is 1.89 bits per heavy atom. The second kappa shape index (κ2) is 7.60. The van der Waals surface area contributed by atoms with Crippen LogP contribution in [0.2, 0.25) is 0 Å². The van der Waals surface area contributed by atoms with Crippen molar-refractivity contribution in [2.75, 3.05) is 13.1 Å². The number of hydrogen-bond donors (Lipinski definition) is 1. The fraction of sp³-hybridized carbons (Fsp3) is 0.500. The lowest BCUT2D eigenvalue weighted by atomic mass is 9.52. The highest BCUT2D eigenvalue weighted by molar-refractivity contribution is 8.93. The van der Waals surface area contributed by atoms with E-state index in [2.05, 4.69) is 47.4 Å². The number of fused-ring (bicyclic) bond motifs is 1. The first-order chi connectivity index (χ1) is 12.8. The number of hydrogen-bond acceptors (Lipinski definition) is 2. The van der Waals surface area contributed by atoms with Crippen LogP contribution in [0.15, 0.2) is 48.5 Å². The van der Waals surface area contributed by atoms with Crippen molar-refractivity contribution in [3.63, 3.8) is 0 Å². The third kappa shape index (κ3) is 3.23. The number of rotatable bonds is 3. The SMILES string of the molecule is Br.Oc1ccc2c(c1)[C@]13CCCC[C@H]1[C@H](C2)N(CCc1ccccc1)CC3. The van der Waals surface area contributed by atoms with Gasteiger partial charge in [0, 0.05) is 18.0 Å². The molecule has 3 heteroatoms. The Labute approximate surface area is 173 Å². The van der Waals surface area contributed by atoms with E-state index in [1.165, 1.54) is 61.9 Å². The van der Waals surface area contributed by atoms with Crippen LogP contribution in [0.3, 0.4) is 0 Å². The van der Waals surface area contributed by atoms with Gasteiger partial charge >= 0.3 is 0 Å². The minimum Gasteiger partial charge on any atom is -0.508 e. The van der Waals surface area contributed by atoms with Crippen LogP contribution in [-0.4, -0.2) is 29.1 Å². The maximum Gasteiger partial charge on any atom is 0.115 e. The average Bonchev–Trinajstić information content (AvgIpc) is 2.69. The summed E-state index contributed by atoms with van der Waals surface area (Å²) in [7, 11) is 0. The molecule has 1 saturated carbocycles. The third-order valence-electron chi connectivity index (χ3n) is 7.47. The molecule has 2 aliphatic carbocycles. The Kier molecular flexibility index (Phi) is 5.35. The Balaban J connectivity index is 0.00000180. The van der Waals surface area contributed by atoms with Gasteiger partial charge < -0.3 is 5.11 Å². The molecule has 2 aromatic carbocycles. The molecule has 5 rings (SSSR count). The second-order valence-corrected chi connectivity index (χ2v) is 8.64. The van der Waals surface area contributed by atoms with Crippen LogP contribution < -0.4 is 0 Å². The number of aromatic hydroxyl groups is 1. The van der Waals surface area contributed by atoms with E-state index in [1.807, 2.05) is 6.07 Å². The van der Waals surface area contributed by atoms with Gasteiger partial charge in [0.1, 0.15) is 5.75 Å². The lowest BCUT2D eigenvalue weighted by molar-refractivity contribution is -0.0106. The van der Waals surface area contributed by atoms with Crippen molar-refractivity contribution in [2.45, 2.75) is 56.4 Å². The van der Waals surface area contributed by atoms with Crippen LogP contribution in [0.1, 0.15) is 48.8 Å². The number of likely N-dealkylation sites (tertiary alicyclic amines) is 1. The van der Waals surface area contributed by atoms with Crippen LogP contribution >= 0.6 is 17.0 Å². The zero-order chi connectivity index (χ0) is 17.6. The number of piperidine rings is 1. The summed E-state index contributed by atoms with van der Waals surface area (Å²) in [6, 6.07) is 17.8. The summed E-state index contributed by atoms with van der Waals surface area (Å²) in [5.41, 5.74) is 4.77. The van der Waals surface area contributed by atoms with Crippen LogP contribution in [0.5, 0.6) is 5.75 Å². The largest absolute Gasteiger partial charge is 0.508 e. The lowest BCUT2D eigenvalue weighted by Crippen LogP contribution is -2.61. The molecule has 1 aliphatic heterocycles. The van der Waals surface area contributed by atoms with Gasteiger partial charge in [-0.1, -0.05) is 49.2 Å². The van der Waals surface area contributed by atoms with Gasteiger partial charge in [-0.2, -0.15) is 0 Å². The Morgan fingerprint density at radius 3 is 2.74 bits per heavy atom. The topological polar surface area (TPSA) is 23.5 Å². The molecule has 2 nitrogen and oxygen atoms in total. The van der Waals surface area contributed by atoms with Crippen molar-refractivity contribution in [1.82, 2.24) is 4.90 Å². The third-order valence-corrected chi connectivity index (χ3v) is 7.47. The second-order valence-electron chi connectivity index (χ2n) is 8.64. The normalized spacial score (nSPS) is 29.3. The summed E-state index contributed by atoms with van der Waals surface area (Å²) in [4.78, 5) is 2.79. The number of halogens is 1. The van der Waals surface area contributed by atoms with Gasteiger partial charge in [-0.15, -0.1) is 17.0 Å². The summed E-state index contributed by atoms with van der Waals surface area (Å²) >= 11 is 0. The summed E-state index contributed by atoms with van der Waals surface area (Å²) in [6.45, 7) is 2.39. The molecular formula is C24H30BrNO. The molecule has 0 amide bonds. The summed E-state index contributed by atoms with van der Waals surface area (Å²) in [5.74, 6) is 1.22. The Hall–Kier alpha value is -1.32. The molecule has 1 saturated heterocycles. The van der Waals surface area contributed by atoms with E-state index in [1.54, 1.807) is 0 Å². The van der Waals surface area contributed by atoms with Crippen molar-refractivity contribution in [3.8, 4) is 5.75 Å². The fourth-order valence-electron chi connectivity index (χ4n) is 6.27. The van der Waals surface area contributed by atoms with Crippen LogP contribution in [0.25, 0.3) is 0 Å². The Bertz CT molecular complexity index is 792. The van der Waals surface area contributed by atoms with Crippen molar-refractivity contribution >= 4 is 17.0 Å². The van der Waals surface area contributed by atoms with Gasteiger partial charge in [-0.25, -0.2) is 0 Å². The van der Waals surface area contributed by atoms with Gasteiger partial charge in [0.25, 0.3) is 0 Å². The first kappa shape index (κ1) is 19.0. The monoisotopic (exact) mass is 427 g/mol. The molecule has 27 heavy (non-hydrogen) atoms. The van der Waals surface area contributed by atoms with Crippen LogP contribution in [0, 0.1) is 5.92 Å². The van der Waals surface area contributed by atoms with Crippen LogP contribution in [0.4, 0.5) is 0 Å². The molecule has 144 valence electrons. The van der Waals surface area contributed by atoms with Crippen molar-refractivity contribution in [2.24, 2.45) is 5.92 Å². The van der Waals surface area contributed by atoms with E-state index in [9.17, 15) is 5.11 Å². The van der Waals surface area contributed by atoms with E-state index in [-0.39, 0.29) is 17.0 Å². The van der Waals surface area contributed by atoms with E-state index in [0.717, 1.165) is 18.8 Å². The molecular weight excluding hydrogens is 398 g/mol. The highest BCUT2D eigenvalue weighted by Crippen LogP contribution is 2.56. The summed E-state index contributed by atoms with van der Waals surface area (Å²) in [6.07, 6.45) is 8.99. The molecule has 1 N–H and O–H groups in total. The van der Waals surface area contributed by atoms with Gasteiger partial charge in [0.05, 0.1) is 0 Å². The molecule has 1 heterocycles. The molecule has 2 fully saturated rings. The van der Waals surface area contributed by atoms with Crippen molar-refractivity contribution in [1.29, 1.82) is 0 Å². The highest BCUT2D eigenvalue weighted by atomic mass is 79.9. The zero-order valence-corrected chi connectivity index (χ0v) is 17.7. The minimum absolute atomic E-state index is 0. The predicted octanol–water partition coefficient (Wildman–Crippen LogP) is 5.27. The van der Waals surface area contributed by atoms with Gasteiger partial charge in [0.15, 0.2) is 0 Å². The molecule has 3 aliphatic rings. The molecule has 0 spiro atoms. The predicted molar refractivity (Wildman–Crippen MR) is 116 cm³/mol. The first-order valence-corrected chi connectivity index (χ1v) is 10.4. The van der Waals surface area contributed by atoms with E-state index >= 15 is 0 Å². The highest BCUT2D eigenvalue weighted by Gasteiger charge is 2.53. The quantitative estimate of drug-likeness (QED) is 0.720. The van der Waals surface area contributed by atoms with Crippen molar-refractivity contribution in [3.05, 3.63) is 65.2 Å². The van der Waals surface area contributed by atoms with E-state index in [4.69, 9.17) is 0 Å². The van der Waals surface area contributed by atoms with E-state index < -0.39 is 0 Å². The molecule has 3 atom stereocenters. The maximum atomic E-state index is 10.1. The average molecular weight is 428 g/mol. The zero-order valence-electron chi connectivity index (χ0n) is 15.9. The summed E-state index contributed by atoms with van der Waals surface area (Å²) in [5, 5.41) is 10.1. The van der Waals surface area contributed by atoms with Crippen LogP contribution in [-0.2, 0) is 18.3 Å². The molecule has 0 aromatic heterocycles. The maximum absolute atomic E-state index is 10.1. The standard InChI is InChI=1S/C24H29NO.BrH/c26-20-10-9-19-16-23-21-8-4-5-12-24(21,22(19)17-20)13-15-25(23)14-11-18-6-2-1-3-7-18;/h1-3,6-7,9-10,17,21,23,26H,4-5,8,11-16H2;1H/t21-,23-,24-;/m0./s1. The number of benzene rings is 2. The smallest absolute Gasteiger partial charge is 0.115 e. The molecule has 0 unspecified atom stereocenters. The van der Waals surface area contributed by atoms with Crippen molar-refractivity contribution < 1.29 is 5.11 Å². The molecule has 2 aromatic rings. The Morgan fingerprint density at radius 1 is 1.04 bits per heavy atom. The minimum atomic E-state index is 0. The van der Waals surface area contributed by atoms with Gasteiger partial charge in [-0.05, 0) is 73.4 Å². The van der Waals surface area contributed by atoms with E-state index in [0.29, 0.717) is 17.2 Å². The first-order valence-electron chi connectivity index (χ1n) is 10.4. The molecule has 0 radical (unpaired) electrons. The fourth-order valence-corrected chi connectivity index (χ4v) is 6.27. The number of phenolic OH excluding ortho intramolecular Hbond substituents is 1. The number of phenols is 1. The van der Waals surface area contributed by atoms with Gasteiger partial charge in [0.2, 0.25) is 0 Å². The molecule has 2 bridgehead atoms. The van der Waals surface area contributed by atoms with Gasteiger partial charge in [-0.3, -0.25) is 4.90 Å².